The molecule has 2 rings (SSSR count). The fraction of sp³-hybridized carbons (Fsp3) is 0.600. The Morgan fingerprint density at radius 2 is 2.00 bits per heavy atom. The second-order valence-corrected chi connectivity index (χ2v) is 5.48. The largest absolute Gasteiger partial charge is 0.330 e. The van der Waals surface area contributed by atoms with E-state index in [4.69, 9.17) is 5.73 Å². The maximum Gasteiger partial charge on any atom is 0.163 e. The SMILES string of the molecule is CN(Cc1cccc(F)c1F)C1CCCCC1CN. The second kappa shape index (κ2) is 6.44. The van der Waals surface area contributed by atoms with Gasteiger partial charge in [-0.3, -0.25) is 4.90 Å². The minimum absolute atomic E-state index is 0.376. The third kappa shape index (κ3) is 3.31. The molecule has 0 bridgehead atoms. The third-order valence-corrected chi connectivity index (χ3v) is 4.19. The minimum Gasteiger partial charge on any atom is -0.330 e. The molecular weight excluding hydrogens is 246 g/mol. The van der Waals surface area contributed by atoms with Gasteiger partial charge in [0, 0.05) is 18.2 Å². The minimum atomic E-state index is -0.773. The molecule has 2 nitrogen and oxygen atoms in total. The molecule has 0 radical (unpaired) electrons. The molecular formula is C15H22F2N2. The van der Waals surface area contributed by atoms with Crippen molar-refractivity contribution in [2.24, 2.45) is 11.7 Å². The van der Waals surface area contributed by atoms with Crippen LogP contribution in [-0.4, -0.2) is 24.5 Å². The summed E-state index contributed by atoms with van der Waals surface area (Å²) in [5.74, 6) is -1.03. The van der Waals surface area contributed by atoms with E-state index in [1.54, 1.807) is 12.1 Å². The summed E-state index contributed by atoms with van der Waals surface area (Å²) in [7, 11) is 1.98. The summed E-state index contributed by atoms with van der Waals surface area (Å²) in [5, 5.41) is 0. The maximum atomic E-state index is 13.7. The highest BCUT2D eigenvalue weighted by atomic mass is 19.2. The highest BCUT2D eigenvalue weighted by molar-refractivity contribution is 5.18. The van der Waals surface area contributed by atoms with E-state index in [9.17, 15) is 8.78 Å². The molecule has 1 fully saturated rings. The Balaban J connectivity index is 2.07. The predicted molar refractivity (Wildman–Crippen MR) is 72.6 cm³/mol. The van der Waals surface area contributed by atoms with Crippen molar-refractivity contribution in [3.05, 3.63) is 35.4 Å². The Morgan fingerprint density at radius 3 is 2.74 bits per heavy atom. The molecule has 1 aromatic carbocycles. The predicted octanol–water partition coefficient (Wildman–Crippen LogP) is 2.91. The first-order valence-electron chi connectivity index (χ1n) is 6.96. The lowest BCUT2D eigenvalue weighted by Gasteiger charge is -2.37. The van der Waals surface area contributed by atoms with Crippen molar-refractivity contribution in [3.63, 3.8) is 0 Å². The zero-order valence-electron chi connectivity index (χ0n) is 11.4. The summed E-state index contributed by atoms with van der Waals surface area (Å²) >= 11 is 0. The van der Waals surface area contributed by atoms with Crippen LogP contribution in [0.2, 0.25) is 0 Å². The molecule has 106 valence electrons. The van der Waals surface area contributed by atoms with Crippen LogP contribution in [-0.2, 0) is 6.54 Å². The van der Waals surface area contributed by atoms with Crippen LogP contribution in [0.25, 0.3) is 0 Å². The van der Waals surface area contributed by atoms with E-state index in [-0.39, 0.29) is 0 Å². The van der Waals surface area contributed by atoms with Gasteiger partial charge in [0.25, 0.3) is 0 Å². The van der Waals surface area contributed by atoms with Crippen LogP contribution in [0.5, 0.6) is 0 Å². The molecule has 0 spiro atoms. The maximum absolute atomic E-state index is 13.7. The average Bonchev–Trinajstić information content (AvgIpc) is 2.43. The van der Waals surface area contributed by atoms with Crippen molar-refractivity contribution in [3.8, 4) is 0 Å². The van der Waals surface area contributed by atoms with Crippen molar-refractivity contribution in [1.82, 2.24) is 4.90 Å². The summed E-state index contributed by atoms with van der Waals surface area (Å²) < 4.78 is 26.9. The van der Waals surface area contributed by atoms with Gasteiger partial charge in [0.1, 0.15) is 0 Å². The smallest absolute Gasteiger partial charge is 0.163 e. The van der Waals surface area contributed by atoms with Crippen molar-refractivity contribution in [1.29, 1.82) is 0 Å². The zero-order chi connectivity index (χ0) is 13.8. The van der Waals surface area contributed by atoms with Gasteiger partial charge in [0.05, 0.1) is 0 Å². The molecule has 0 amide bonds. The van der Waals surface area contributed by atoms with E-state index in [1.165, 1.54) is 12.8 Å². The molecule has 19 heavy (non-hydrogen) atoms. The number of halogens is 2. The highest BCUT2D eigenvalue weighted by Crippen LogP contribution is 2.28. The highest BCUT2D eigenvalue weighted by Gasteiger charge is 2.27. The number of rotatable bonds is 4. The Morgan fingerprint density at radius 1 is 1.26 bits per heavy atom. The van der Waals surface area contributed by atoms with E-state index in [2.05, 4.69) is 4.90 Å². The van der Waals surface area contributed by atoms with E-state index < -0.39 is 11.6 Å². The van der Waals surface area contributed by atoms with E-state index >= 15 is 0 Å². The summed E-state index contributed by atoms with van der Waals surface area (Å²) in [6.07, 6.45) is 4.64. The van der Waals surface area contributed by atoms with Crippen LogP contribution in [0.3, 0.4) is 0 Å². The molecule has 0 heterocycles. The summed E-state index contributed by atoms with van der Waals surface area (Å²) in [6, 6.07) is 4.74. The van der Waals surface area contributed by atoms with Crippen LogP contribution >= 0.6 is 0 Å². The summed E-state index contributed by atoms with van der Waals surface area (Å²) in [6.45, 7) is 1.10. The molecule has 2 atom stereocenters. The fourth-order valence-electron chi connectivity index (χ4n) is 3.10. The molecule has 1 aliphatic rings. The topological polar surface area (TPSA) is 29.3 Å². The Labute approximate surface area is 113 Å². The summed E-state index contributed by atoms with van der Waals surface area (Å²) in [4.78, 5) is 2.12. The van der Waals surface area contributed by atoms with E-state index in [1.807, 2.05) is 7.05 Å². The van der Waals surface area contributed by atoms with E-state index in [0.717, 1.165) is 18.9 Å². The average molecular weight is 268 g/mol. The quantitative estimate of drug-likeness (QED) is 0.909. The first kappa shape index (κ1) is 14.4. The first-order valence-corrected chi connectivity index (χ1v) is 6.96. The molecule has 1 saturated carbocycles. The molecule has 0 saturated heterocycles. The van der Waals surface area contributed by atoms with Gasteiger partial charge in [-0.2, -0.15) is 0 Å². The van der Waals surface area contributed by atoms with Crippen molar-refractivity contribution < 1.29 is 8.78 Å². The van der Waals surface area contributed by atoms with Gasteiger partial charge in [-0.05, 0) is 38.4 Å². The van der Waals surface area contributed by atoms with Gasteiger partial charge < -0.3 is 5.73 Å². The monoisotopic (exact) mass is 268 g/mol. The van der Waals surface area contributed by atoms with Gasteiger partial charge in [0.2, 0.25) is 0 Å². The number of nitrogens with zero attached hydrogens (tertiary/aromatic N) is 1. The standard InChI is InChI=1S/C15H22F2N2/c1-19(14-8-3-2-5-11(14)9-18)10-12-6-4-7-13(16)15(12)17/h4,6-7,11,14H,2-3,5,8-10,18H2,1H3. The van der Waals surface area contributed by atoms with Crippen molar-refractivity contribution >= 4 is 0 Å². The number of nitrogens with two attached hydrogens (primary N) is 1. The third-order valence-electron chi connectivity index (χ3n) is 4.19. The molecule has 4 heteroatoms. The normalized spacial score (nSPS) is 23.8. The second-order valence-electron chi connectivity index (χ2n) is 5.48. The molecule has 0 aliphatic heterocycles. The van der Waals surface area contributed by atoms with Gasteiger partial charge in [-0.15, -0.1) is 0 Å². The van der Waals surface area contributed by atoms with Crippen LogP contribution in [0.4, 0.5) is 8.78 Å². The van der Waals surface area contributed by atoms with Gasteiger partial charge in [-0.25, -0.2) is 8.78 Å². The van der Waals surface area contributed by atoms with Crippen LogP contribution in [0.1, 0.15) is 31.2 Å². The molecule has 2 unspecified atom stereocenters. The Hall–Kier alpha value is -1.00. The first-order chi connectivity index (χ1) is 9.13. The van der Waals surface area contributed by atoms with Crippen molar-refractivity contribution in [2.45, 2.75) is 38.3 Å². The molecule has 1 aromatic rings. The fourth-order valence-corrected chi connectivity index (χ4v) is 3.10. The Kier molecular flexibility index (Phi) is 4.88. The molecule has 1 aliphatic carbocycles. The van der Waals surface area contributed by atoms with Gasteiger partial charge in [-0.1, -0.05) is 25.0 Å². The van der Waals surface area contributed by atoms with E-state index in [0.29, 0.717) is 30.6 Å². The van der Waals surface area contributed by atoms with Crippen LogP contribution < -0.4 is 5.73 Å². The van der Waals surface area contributed by atoms with Crippen molar-refractivity contribution in [2.75, 3.05) is 13.6 Å². The Bertz CT molecular complexity index is 423. The number of hydrogen-bond donors (Lipinski definition) is 1. The summed E-state index contributed by atoms with van der Waals surface area (Å²) in [5.41, 5.74) is 6.24. The lowest BCUT2D eigenvalue weighted by molar-refractivity contribution is 0.126. The number of hydrogen-bond acceptors (Lipinski definition) is 2. The lowest BCUT2D eigenvalue weighted by atomic mass is 9.83. The molecule has 2 N–H and O–H groups in total. The lowest BCUT2D eigenvalue weighted by Crippen LogP contribution is -2.42. The number of benzene rings is 1. The van der Waals surface area contributed by atoms with Crippen LogP contribution in [0, 0.1) is 17.6 Å². The zero-order valence-corrected chi connectivity index (χ0v) is 11.4. The van der Waals surface area contributed by atoms with Gasteiger partial charge in [0.15, 0.2) is 11.6 Å². The van der Waals surface area contributed by atoms with Crippen LogP contribution in [0.15, 0.2) is 18.2 Å². The van der Waals surface area contributed by atoms with Gasteiger partial charge >= 0.3 is 0 Å². The molecule has 0 aromatic heterocycles.